The number of thioether (sulfide) groups is 2. The molecule has 0 rings (SSSR count). The van der Waals surface area contributed by atoms with Crippen molar-refractivity contribution in [3.8, 4) is 0 Å². The lowest BCUT2D eigenvalue weighted by Gasteiger charge is -2.17. The molecule has 1 N–H and O–H groups in total. The van der Waals surface area contributed by atoms with Crippen molar-refractivity contribution in [3.63, 3.8) is 0 Å². The number of hydrogen-bond acceptors (Lipinski definition) is 5. The monoisotopic (exact) mass is 588 g/mol. The minimum Gasteiger partial charge on any atom is -0.448 e. The highest BCUT2D eigenvalue weighted by Crippen LogP contribution is 2.21. The lowest BCUT2D eigenvalue weighted by atomic mass is 10.1. The van der Waals surface area contributed by atoms with Gasteiger partial charge in [-0.3, -0.25) is 0 Å². The zero-order valence-electron chi connectivity index (χ0n) is 26.7. The highest BCUT2D eigenvalue weighted by molar-refractivity contribution is 8.03. The van der Waals surface area contributed by atoms with Gasteiger partial charge in [0.1, 0.15) is 6.61 Å². The van der Waals surface area contributed by atoms with Gasteiger partial charge in [-0.15, -0.1) is 0 Å². The molecule has 0 bridgehead atoms. The van der Waals surface area contributed by atoms with Crippen molar-refractivity contribution in [1.29, 1.82) is 0 Å². The van der Waals surface area contributed by atoms with Crippen LogP contribution in [0, 0.1) is 0 Å². The number of hydrogen-bond donors (Lipinski definition) is 1. The Morgan fingerprint density at radius 3 is 1.62 bits per heavy atom. The number of nitrogens with one attached hydrogen (secondary N) is 1. The van der Waals surface area contributed by atoms with E-state index in [1.165, 1.54) is 140 Å². The Labute approximate surface area is 253 Å². The molecule has 0 aliphatic heterocycles. The smallest absolute Gasteiger partial charge is 0.407 e. The van der Waals surface area contributed by atoms with Crippen LogP contribution in [0.3, 0.4) is 0 Å². The van der Waals surface area contributed by atoms with E-state index in [-0.39, 0.29) is 6.09 Å². The summed E-state index contributed by atoms with van der Waals surface area (Å²) in [6, 6.07) is 0. The number of unbranched alkanes of at least 4 members (excludes halogenated alkanes) is 18. The summed E-state index contributed by atoms with van der Waals surface area (Å²) < 4.78 is 5.62. The summed E-state index contributed by atoms with van der Waals surface area (Å²) in [6.45, 7) is 6.77. The molecule has 0 aromatic carbocycles. The van der Waals surface area contributed by atoms with Crippen LogP contribution in [-0.4, -0.2) is 67.3 Å². The van der Waals surface area contributed by atoms with Gasteiger partial charge in [-0.1, -0.05) is 129 Å². The van der Waals surface area contributed by atoms with Gasteiger partial charge >= 0.3 is 6.09 Å². The Kier molecular flexibility index (Phi) is 32.4. The minimum atomic E-state index is -0.252. The van der Waals surface area contributed by atoms with Gasteiger partial charge < -0.3 is 15.0 Å². The van der Waals surface area contributed by atoms with E-state index in [9.17, 15) is 4.79 Å². The van der Waals surface area contributed by atoms with Gasteiger partial charge in [0.25, 0.3) is 0 Å². The van der Waals surface area contributed by atoms with E-state index in [0.29, 0.717) is 18.4 Å². The predicted octanol–water partition coefficient (Wildman–Crippen LogP) is 10.3. The number of carbonyl (C=O) groups excluding carboxylic acids is 1. The molecule has 0 fully saturated rings. The minimum absolute atomic E-state index is 0.252. The zero-order valence-corrected chi connectivity index (χ0v) is 28.4. The average molecular weight is 589 g/mol. The van der Waals surface area contributed by atoms with Gasteiger partial charge in [0.05, 0.1) is 0 Å². The number of nitrogens with zero attached hydrogens (tertiary/aromatic N) is 1. The lowest BCUT2D eigenvalue weighted by Crippen LogP contribution is -2.30. The summed E-state index contributed by atoms with van der Waals surface area (Å²) in [4.78, 5) is 14.3. The van der Waals surface area contributed by atoms with E-state index in [1.54, 1.807) is 0 Å². The number of carbonyl (C=O) groups is 1. The predicted molar refractivity (Wildman–Crippen MR) is 180 cm³/mol. The third-order valence-corrected chi connectivity index (χ3v) is 9.97. The molecule has 0 aliphatic carbocycles. The molecule has 39 heavy (non-hydrogen) atoms. The van der Waals surface area contributed by atoms with Crippen molar-refractivity contribution >= 4 is 29.6 Å². The van der Waals surface area contributed by atoms with Crippen LogP contribution in [0.25, 0.3) is 0 Å². The molecule has 0 radical (unpaired) electrons. The number of ether oxygens (including phenoxy) is 1. The van der Waals surface area contributed by atoms with Crippen molar-refractivity contribution in [2.24, 2.45) is 0 Å². The van der Waals surface area contributed by atoms with Gasteiger partial charge in [0.15, 0.2) is 0 Å². The lowest BCUT2D eigenvalue weighted by molar-refractivity contribution is 0.147. The second-order valence-corrected chi connectivity index (χ2v) is 14.2. The largest absolute Gasteiger partial charge is 0.448 e. The van der Waals surface area contributed by atoms with Crippen LogP contribution >= 0.6 is 23.5 Å². The van der Waals surface area contributed by atoms with Gasteiger partial charge in [-0.2, -0.15) is 23.5 Å². The van der Waals surface area contributed by atoms with Crippen LogP contribution < -0.4 is 5.32 Å². The molecule has 0 spiro atoms. The number of alkyl carbamates (subject to hydrolysis) is 1. The van der Waals surface area contributed by atoms with Crippen LogP contribution in [0.4, 0.5) is 4.79 Å². The van der Waals surface area contributed by atoms with E-state index in [1.807, 2.05) is 11.8 Å². The Hall–Kier alpha value is -0.0700. The molecule has 0 saturated carbocycles. The van der Waals surface area contributed by atoms with Crippen molar-refractivity contribution in [3.05, 3.63) is 0 Å². The highest BCUT2D eigenvalue weighted by Gasteiger charge is 2.13. The molecule has 0 heterocycles. The molecule has 1 atom stereocenters. The SMILES string of the molecule is CCCCCCCCCCCCSCC(COC(=O)NCCCN(C)C)SCCCCCCCCCCCC. The fourth-order valence-electron chi connectivity index (χ4n) is 4.70. The molecule has 6 heteroatoms. The molecule has 0 aromatic rings. The average Bonchev–Trinajstić information content (AvgIpc) is 2.92. The summed E-state index contributed by atoms with van der Waals surface area (Å²) in [5.41, 5.74) is 0. The highest BCUT2D eigenvalue weighted by atomic mass is 32.2. The van der Waals surface area contributed by atoms with Crippen LogP contribution in [0.15, 0.2) is 0 Å². The molecular weight excluding hydrogens is 521 g/mol. The van der Waals surface area contributed by atoms with E-state index >= 15 is 0 Å². The fraction of sp³-hybridized carbons (Fsp3) is 0.970. The second kappa shape index (κ2) is 32.4. The summed E-state index contributed by atoms with van der Waals surface area (Å²) in [5, 5.41) is 3.32. The number of rotatable bonds is 31. The Balaban J connectivity index is 4.00. The standard InChI is InChI=1S/C33H68N2O2S2/c1-5-7-9-11-13-15-17-19-21-23-28-38-31-32(30-37-33(36)34-26-25-27-35(3)4)39-29-24-22-20-18-16-14-12-10-8-6-2/h32H,5-31H2,1-4H3,(H,34,36). The molecule has 0 aliphatic rings. The van der Waals surface area contributed by atoms with Crippen LogP contribution in [0.2, 0.25) is 0 Å². The first-order valence-electron chi connectivity index (χ1n) is 16.8. The topological polar surface area (TPSA) is 41.6 Å². The summed E-state index contributed by atoms with van der Waals surface area (Å²) in [7, 11) is 4.12. The summed E-state index contributed by atoms with van der Waals surface area (Å²) in [6.07, 6.45) is 28.4. The quantitative estimate of drug-likeness (QED) is 0.0816. The van der Waals surface area contributed by atoms with Crippen molar-refractivity contribution in [2.45, 2.75) is 154 Å². The molecule has 1 unspecified atom stereocenters. The van der Waals surface area contributed by atoms with Crippen LogP contribution in [-0.2, 0) is 4.74 Å². The van der Waals surface area contributed by atoms with Crippen molar-refractivity contribution in [1.82, 2.24) is 10.2 Å². The Bertz CT molecular complexity index is 494. The molecule has 0 aromatic heterocycles. The fourth-order valence-corrected chi connectivity index (χ4v) is 7.17. The maximum atomic E-state index is 12.2. The normalized spacial score (nSPS) is 12.2. The summed E-state index contributed by atoms with van der Waals surface area (Å²) in [5.74, 6) is 3.52. The van der Waals surface area contributed by atoms with Gasteiger partial charge in [-0.05, 0) is 51.4 Å². The zero-order chi connectivity index (χ0) is 28.7. The molecule has 1 amide bonds. The maximum absolute atomic E-state index is 12.2. The first-order chi connectivity index (χ1) is 19.1. The van der Waals surface area contributed by atoms with E-state index in [4.69, 9.17) is 4.74 Å². The van der Waals surface area contributed by atoms with Crippen LogP contribution in [0.5, 0.6) is 0 Å². The van der Waals surface area contributed by atoms with Crippen LogP contribution in [0.1, 0.15) is 149 Å². The molecular formula is C33H68N2O2S2. The van der Waals surface area contributed by atoms with E-state index in [2.05, 4.69) is 49.9 Å². The van der Waals surface area contributed by atoms with E-state index in [0.717, 1.165) is 18.7 Å². The van der Waals surface area contributed by atoms with Crippen molar-refractivity contribution < 1.29 is 9.53 Å². The maximum Gasteiger partial charge on any atom is 0.407 e. The van der Waals surface area contributed by atoms with Crippen molar-refractivity contribution in [2.75, 3.05) is 51.1 Å². The first-order valence-corrected chi connectivity index (χ1v) is 19.0. The molecule has 234 valence electrons. The molecule has 4 nitrogen and oxygen atoms in total. The van der Waals surface area contributed by atoms with Gasteiger partial charge in [0, 0.05) is 17.5 Å². The Morgan fingerprint density at radius 1 is 0.667 bits per heavy atom. The van der Waals surface area contributed by atoms with Gasteiger partial charge in [0.2, 0.25) is 0 Å². The third kappa shape index (κ3) is 32.3. The third-order valence-electron chi connectivity index (χ3n) is 7.25. The first kappa shape index (κ1) is 38.9. The summed E-state index contributed by atoms with van der Waals surface area (Å²) >= 11 is 4.08. The van der Waals surface area contributed by atoms with Gasteiger partial charge in [-0.25, -0.2) is 4.79 Å². The van der Waals surface area contributed by atoms with E-state index < -0.39 is 0 Å². The molecule has 0 saturated heterocycles. The Morgan fingerprint density at radius 2 is 1.13 bits per heavy atom. The second-order valence-electron chi connectivity index (χ2n) is 11.6. The number of amides is 1.